The number of carbonyl (C=O) groups excluding carboxylic acids is 1. The van der Waals surface area contributed by atoms with Crippen LogP contribution >= 0.6 is 11.6 Å². The van der Waals surface area contributed by atoms with Crippen molar-refractivity contribution in [3.8, 4) is 0 Å². The Morgan fingerprint density at radius 2 is 2.38 bits per heavy atom. The fourth-order valence-electron chi connectivity index (χ4n) is 1.60. The van der Waals surface area contributed by atoms with E-state index in [0.717, 1.165) is 18.2 Å². The summed E-state index contributed by atoms with van der Waals surface area (Å²) in [6.07, 6.45) is 3.07. The van der Waals surface area contributed by atoms with Gasteiger partial charge in [-0.1, -0.05) is 11.6 Å². The number of hydrogen-bond donors (Lipinski definition) is 0. The fraction of sp³-hybridized carbons (Fsp3) is 0.333. The van der Waals surface area contributed by atoms with Gasteiger partial charge in [-0.3, -0.25) is 4.98 Å². The van der Waals surface area contributed by atoms with Crippen molar-refractivity contribution in [3.05, 3.63) is 28.3 Å². The molecule has 0 amide bonds. The average molecular weight is 200 g/mol. The highest BCUT2D eigenvalue weighted by Gasteiger charge is 2.25. The number of pyridine rings is 1. The van der Waals surface area contributed by atoms with Gasteiger partial charge in [0.05, 0.1) is 11.2 Å². The molecular weight excluding hydrogens is 193 g/mol. The van der Waals surface area contributed by atoms with E-state index < -0.39 is 5.82 Å². The summed E-state index contributed by atoms with van der Waals surface area (Å²) in [5.74, 6) is -0.589. The van der Waals surface area contributed by atoms with Crippen molar-refractivity contribution in [2.75, 3.05) is 0 Å². The van der Waals surface area contributed by atoms with E-state index >= 15 is 0 Å². The molecule has 0 bridgehead atoms. The molecule has 0 aliphatic heterocycles. The van der Waals surface area contributed by atoms with Gasteiger partial charge in [0, 0.05) is 11.6 Å². The number of halogens is 2. The van der Waals surface area contributed by atoms with Gasteiger partial charge in [-0.15, -0.1) is 0 Å². The summed E-state index contributed by atoms with van der Waals surface area (Å²) in [7, 11) is 0. The highest BCUT2D eigenvalue weighted by molar-refractivity contribution is 6.31. The third kappa shape index (κ3) is 1.33. The number of fused-ring (bicyclic) bond motifs is 1. The van der Waals surface area contributed by atoms with Crippen LogP contribution in [-0.4, -0.2) is 11.3 Å². The molecule has 13 heavy (non-hydrogen) atoms. The van der Waals surface area contributed by atoms with Gasteiger partial charge in [-0.05, 0) is 18.4 Å². The van der Waals surface area contributed by atoms with Crippen LogP contribution in [0.25, 0.3) is 0 Å². The molecule has 0 aromatic carbocycles. The maximum Gasteiger partial charge on any atom is 0.160 e. The van der Waals surface area contributed by atoms with Gasteiger partial charge in [0.15, 0.2) is 5.82 Å². The molecule has 1 aromatic heterocycles. The Balaban J connectivity index is 2.46. The molecule has 1 heterocycles. The summed E-state index contributed by atoms with van der Waals surface area (Å²) in [6, 6.07) is 0. The number of carbonyl (C=O) groups is 1. The minimum absolute atomic E-state index is 0.0817. The predicted octanol–water partition coefficient (Wildman–Crippen LogP) is 1.79. The van der Waals surface area contributed by atoms with E-state index in [1.807, 2.05) is 0 Å². The SMILES string of the molecule is O=CC1Cc2ncc(F)c(Cl)c2C1. The maximum absolute atomic E-state index is 12.9. The zero-order valence-electron chi connectivity index (χ0n) is 6.76. The van der Waals surface area contributed by atoms with Crippen molar-refractivity contribution in [3.63, 3.8) is 0 Å². The molecule has 1 aliphatic carbocycles. The van der Waals surface area contributed by atoms with E-state index in [1.54, 1.807) is 0 Å². The highest BCUT2D eigenvalue weighted by atomic mass is 35.5. The monoisotopic (exact) mass is 199 g/mol. The first kappa shape index (κ1) is 8.63. The molecule has 0 radical (unpaired) electrons. The Morgan fingerprint density at radius 1 is 1.62 bits per heavy atom. The Morgan fingerprint density at radius 3 is 3.08 bits per heavy atom. The number of hydrogen-bond acceptors (Lipinski definition) is 2. The van der Waals surface area contributed by atoms with E-state index in [1.165, 1.54) is 0 Å². The first-order valence-corrected chi connectivity index (χ1v) is 4.37. The van der Waals surface area contributed by atoms with Crippen LogP contribution in [0.3, 0.4) is 0 Å². The van der Waals surface area contributed by atoms with E-state index in [2.05, 4.69) is 4.98 Å². The Hall–Kier alpha value is -0.960. The minimum atomic E-state index is -0.507. The molecule has 1 aromatic rings. The normalized spacial score (nSPS) is 20.0. The molecule has 1 unspecified atom stereocenters. The van der Waals surface area contributed by atoms with Crippen LogP contribution in [0.2, 0.25) is 5.02 Å². The second kappa shape index (κ2) is 3.07. The topological polar surface area (TPSA) is 30.0 Å². The van der Waals surface area contributed by atoms with E-state index in [9.17, 15) is 9.18 Å². The van der Waals surface area contributed by atoms with Crippen LogP contribution in [0.1, 0.15) is 11.3 Å². The molecule has 0 saturated carbocycles. The van der Waals surface area contributed by atoms with Crippen molar-refractivity contribution >= 4 is 17.9 Å². The molecule has 1 aliphatic rings. The molecule has 0 N–H and O–H groups in total. The van der Waals surface area contributed by atoms with Gasteiger partial charge in [-0.25, -0.2) is 4.39 Å². The first-order valence-electron chi connectivity index (χ1n) is 3.99. The second-order valence-electron chi connectivity index (χ2n) is 3.15. The van der Waals surface area contributed by atoms with Crippen LogP contribution < -0.4 is 0 Å². The molecule has 1 atom stereocenters. The van der Waals surface area contributed by atoms with E-state index in [0.29, 0.717) is 18.4 Å². The highest BCUT2D eigenvalue weighted by Crippen LogP contribution is 2.31. The fourth-order valence-corrected chi connectivity index (χ4v) is 1.84. The molecule has 2 rings (SSSR count). The number of nitrogens with zero attached hydrogens (tertiary/aromatic N) is 1. The zero-order valence-corrected chi connectivity index (χ0v) is 7.51. The standard InChI is InChI=1S/C9H7ClFNO/c10-9-6-1-5(4-13)2-8(6)12-3-7(9)11/h3-5H,1-2H2. The summed E-state index contributed by atoms with van der Waals surface area (Å²) in [5, 5.41) is 0.120. The molecule has 0 fully saturated rings. The Bertz CT molecular complexity index is 367. The first-order chi connectivity index (χ1) is 6.22. The summed E-state index contributed by atoms with van der Waals surface area (Å²) in [5.41, 5.74) is 1.45. The minimum Gasteiger partial charge on any atom is -0.303 e. The molecule has 4 heteroatoms. The van der Waals surface area contributed by atoms with Crippen molar-refractivity contribution in [2.24, 2.45) is 5.92 Å². The van der Waals surface area contributed by atoms with Gasteiger partial charge in [0.2, 0.25) is 0 Å². The summed E-state index contributed by atoms with van der Waals surface area (Å²) >= 11 is 5.73. The van der Waals surface area contributed by atoms with Gasteiger partial charge in [-0.2, -0.15) is 0 Å². The zero-order chi connectivity index (χ0) is 9.42. The third-order valence-corrected chi connectivity index (χ3v) is 2.68. The van der Waals surface area contributed by atoms with Crippen LogP contribution in [0.15, 0.2) is 6.20 Å². The lowest BCUT2D eigenvalue weighted by atomic mass is 10.1. The number of aldehydes is 1. The van der Waals surface area contributed by atoms with Gasteiger partial charge < -0.3 is 4.79 Å². The lowest BCUT2D eigenvalue weighted by molar-refractivity contribution is -0.110. The lowest BCUT2D eigenvalue weighted by Gasteiger charge is -2.00. The number of aromatic nitrogens is 1. The van der Waals surface area contributed by atoms with Gasteiger partial charge in [0.1, 0.15) is 6.29 Å². The van der Waals surface area contributed by atoms with Crippen molar-refractivity contribution in [1.82, 2.24) is 4.98 Å². The van der Waals surface area contributed by atoms with Crippen LogP contribution in [0.4, 0.5) is 4.39 Å². The van der Waals surface area contributed by atoms with Crippen molar-refractivity contribution in [2.45, 2.75) is 12.8 Å². The summed E-state index contributed by atoms with van der Waals surface area (Å²) < 4.78 is 12.9. The van der Waals surface area contributed by atoms with E-state index in [-0.39, 0.29) is 10.9 Å². The summed E-state index contributed by atoms with van der Waals surface area (Å²) in [4.78, 5) is 14.4. The quantitative estimate of drug-likeness (QED) is 0.646. The van der Waals surface area contributed by atoms with Gasteiger partial charge >= 0.3 is 0 Å². The summed E-state index contributed by atoms with van der Waals surface area (Å²) in [6.45, 7) is 0. The van der Waals surface area contributed by atoms with Crippen molar-refractivity contribution < 1.29 is 9.18 Å². The Kier molecular flexibility index (Phi) is 2.04. The van der Waals surface area contributed by atoms with Crippen LogP contribution in [0.5, 0.6) is 0 Å². The number of rotatable bonds is 1. The van der Waals surface area contributed by atoms with Gasteiger partial charge in [0.25, 0.3) is 0 Å². The van der Waals surface area contributed by atoms with Crippen LogP contribution in [0, 0.1) is 11.7 Å². The maximum atomic E-state index is 12.9. The van der Waals surface area contributed by atoms with Crippen LogP contribution in [-0.2, 0) is 17.6 Å². The third-order valence-electron chi connectivity index (χ3n) is 2.27. The second-order valence-corrected chi connectivity index (χ2v) is 3.53. The molecule has 68 valence electrons. The molecule has 0 spiro atoms. The van der Waals surface area contributed by atoms with Crippen molar-refractivity contribution in [1.29, 1.82) is 0 Å². The van der Waals surface area contributed by atoms with E-state index in [4.69, 9.17) is 11.6 Å². The predicted molar refractivity (Wildman–Crippen MR) is 46.2 cm³/mol. The molecule has 2 nitrogen and oxygen atoms in total. The largest absolute Gasteiger partial charge is 0.303 e. The molecule has 0 saturated heterocycles. The smallest absolute Gasteiger partial charge is 0.160 e. The Labute approximate surface area is 79.7 Å². The molecular formula is C9H7ClFNO. The average Bonchev–Trinajstić information content (AvgIpc) is 2.55. The lowest BCUT2D eigenvalue weighted by Crippen LogP contribution is -1.99.